The van der Waals surface area contributed by atoms with Crippen molar-refractivity contribution in [1.29, 1.82) is 0 Å². The molecule has 2 heterocycles. The molecule has 0 unspecified atom stereocenters. The van der Waals surface area contributed by atoms with Gasteiger partial charge in [-0.15, -0.1) is 0 Å². The number of phenolic OH excluding ortho intramolecular Hbond substituents is 2. The zero-order valence-electron chi connectivity index (χ0n) is 17.4. The summed E-state index contributed by atoms with van der Waals surface area (Å²) in [4.78, 5) is 13.2. The van der Waals surface area contributed by atoms with Crippen LogP contribution in [-0.2, 0) is 10.3 Å². The third kappa shape index (κ3) is 3.05. The standard InChI is InChI=1S/C25H24N2O5/c26-11-2-1-3-12-27-20-6-4-5-19-23(20)24(30)32-25(19)17-9-7-15(28)13-21(17)31-22-14-16(29)8-10-18(22)25/h4-10,13-14,27-29H,1-3,11-12,26H2. The highest BCUT2D eigenvalue weighted by Crippen LogP contribution is 2.57. The molecular weight excluding hydrogens is 408 g/mol. The summed E-state index contributed by atoms with van der Waals surface area (Å²) in [5, 5.41) is 23.4. The molecule has 0 saturated heterocycles. The fourth-order valence-electron chi connectivity index (χ4n) is 4.56. The zero-order chi connectivity index (χ0) is 22.3. The van der Waals surface area contributed by atoms with Gasteiger partial charge in [0.05, 0.1) is 5.56 Å². The van der Waals surface area contributed by atoms with Gasteiger partial charge < -0.3 is 30.7 Å². The number of ether oxygens (including phenoxy) is 2. The van der Waals surface area contributed by atoms with E-state index in [1.165, 1.54) is 12.1 Å². The molecule has 5 N–H and O–H groups in total. The maximum absolute atomic E-state index is 13.2. The van der Waals surface area contributed by atoms with Gasteiger partial charge in [0.2, 0.25) is 0 Å². The number of carbonyl (C=O) groups excluding carboxylic acids is 1. The fourth-order valence-corrected chi connectivity index (χ4v) is 4.56. The lowest BCUT2D eigenvalue weighted by molar-refractivity contribution is 0.0224. The van der Waals surface area contributed by atoms with Crippen molar-refractivity contribution in [3.8, 4) is 23.0 Å². The number of nitrogens with one attached hydrogen (secondary N) is 1. The van der Waals surface area contributed by atoms with E-state index in [2.05, 4.69) is 5.32 Å². The molecule has 2 aliphatic rings. The molecule has 0 saturated carbocycles. The molecule has 0 fully saturated rings. The number of phenols is 2. The van der Waals surface area contributed by atoms with Crippen molar-refractivity contribution in [3.05, 3.63) is 76.9 Å². The summed E-state index contributed by atoms with van der Waals surface area (Å²) in [7, 11) is 0. The van der Waals surface area contributed by atoms with Gasteiger partial charge in [-0.05, 0) is 49.7 Å². The summed E-state index contributed by atoms with van der Waals surface area (Å²) < 4.78 is 12.1. The minimum absolute atomic E-state index is 0.0277. The first-order valence-electron chi connectivity index (χ1n) is 10.7. The lowest BCUT2D eigenvalue weighted by Gasteiger charge is -2.36. The number of benzene rings is 3. The molecule has 5 rings (SSSR count). The Labute approximate surface area is 185 Å². The quantitative estimate of drug-likeness (QED) is 0.341. The molecule has 7 heteroatoms. The van der Waals surface area contributed by atoms with Crippen molar-refractivity contribution in [2.45, 2.75) is 24.9 Å². The molecule has 0 aliphatic carbocycles. The maximum Gasteiger partial charge on any atom is 0.342 e. The Morgan fingerprint density at radius 1 is 0.875 bits per heavy atom. The molecule has 0 radical (unpaired) electrons. The van der Waals surface area contributed by atoms with E-state index in [9.17, 15) is 15.0 Å². The van der Waals surface area contributed by atoms with E-state index in [0.29, 0.717) is 46.0 Å². The number of hydrogen-bond acceptors (Lipinski definition) is 7. The Bertz CT molecular complexity index is 1160. The number of unbranched alkanes of at least 4 members (excludes halogenated alkanes) is 2. The van der Waals surface area contributed by atoms with Crippen molar-refractivity contribution in [2.75, 3.05) is 18.4 Å². The van der Waals surface area contributed by atoms with Crippen molar-refractivity contribution in [2.24, 2.45) is 5.73 Å². The number of carbonyl (C=O) groups is 1. The second kappa shape index (κ2) is 7.76. The third-order valence-corrected chi connectivity index (χ3v) is 6.00. The summed E-state index contributed by atoms with van der Waals surface area (Å²) in [6.07, 6.45) is 2.92. The number of aromatic hydroxyl groups is 2. The highest BCUT2D eigenvalue weighted by Gasteiger charge is 2.54. The predicted molar refractivity (Wildman–Crippen MR) is 119 cm³/mol. The van der Waals surface area contributed by atoms with Crippen LogP contribution in [0.4, 0.5) is 5.69 Å². The first kappa shape index (κ1) is 20.2. The van der Waals surface area contributed by atoms with Crippen LogP contribution >= 0.6 is 0 Å². The molecule has 7 nitrogen and oxygen atoms in total. The first-order valence-corrected chi connectivity index (χ1v) is 10.7. The second-order valence-corrected chi connectivity index (χ2v) is 8.04. The summed E-state index contributed by atoms with van der Waals surface area (Å²) in [6.45, 7) is 1.39. The van der Waals surface area contributed by atoms with Gasteiger partial charge in [-0.2, -0.15) is 0 Å². The largest absolute Gasteiger partial charge is 0.508 e. The van der Waals surface area contributed by atoms with Gasteiger partial charge in [0.1, 0.15) is 23.0 Å². The van der Waals surface area contributed by atoms with E-state index in [1.807, 2.05) is 18.2 Å². The minimum Gasteiger partial charge on any atom is -0.508 e. The second-order valence-electron chi connectivity index (χ2n) is 8.04. The van der Waals surface area contributed by atoms with Crippen LogP contribution in [0.15, 0.2) is 54.6 Å². The molecule has 32 heavy (non-hydrogen) atoms. The zero-order valence-corrected chi connectivity index (χ0v) is 17.4. The monoisotopic (exact) mass is 432 g/mol. The van der Waals surface area contributed by atoms with Crippen LogP contribution in [0.1, 0.15) is 46.3 Å². The number of rotatable bonds is 6. The summed E-state index contributed by atoms with van der Waals surface area (Å²) in [6, 6.07) is 15.1. The number of esters is 1. The SMILES string of the molecule is NCCCCCNc1cccc2c1C(=O)OC21c2ccc(O)cc2Oc2cc(O)ccc21. The van der Waals surface area contributed by atoms with Gasteiger partial charge in [0.15, 0.2) is 5.60 Å². The summed E-state index contributed by atoms with van der Waals surface area (Å²) in [5.41, 5.74) is 7.43. The van der Waals surface area contributed by atoms with Crippen LogP contribution in [0.5, 0.6) is 23.0 Å². The Hall–Kier alpha value is -3.71. The Morgan fingerprint density at radius 2 is 1.56 bits per heavy atom. The molecule has 0 bridgehead atoms. The van der Waals surface area contributed by atoms with Gasteiger partial charge in [-0.1, -0.05) is 18.6 Å². The normalized spacial score (nSPS) is 14.8. The lowest BCUT2D eigenvalue weighted by Crippen LogP contribution is -2.32. The van der Waals surface area contributed by atoms with E-state index in [1.54, 1.807) is 24.3 Å². The first-order chi connectivity index (χ1) is 15.5. The van der Waals surface area contributed by atoms with Crippen molar-refractivity contribution >= 4 is 11.7 Å². The lowest BCUT2D eigenvalue weighted by atomic mass is 9.77. The van der Waals surface area contributed by atoms with E-state index >= 15 is 0 Å². The van der Waals surface area contributed by atoms with Gasteiger partial charge in [-0.3, -0.25) is 0 Å². The van der Waals surface area contributed by atoms with Crippen molar-refractivity contribution < 1.29 is 24.5 Å². The molecule has 0 aromatic heterocycles. The molecule has 0 amide bonds. The molecule has 0 atom stereocenters. The van der Waals surface area contributed by atoms with Crippen molar-refractivity contribution in [3.63, 3.8) is 0 Å². The van der Waals surface area contributed by atoms with Gasteiger partial charge in [0, 0.05) is 41.1 Å². The van der Waals surface area contributed by atoms with Crippen LogP contribution < -0.4 is 15.8 Å². The predicted octanol–water partition coefficient (Wildman–Crippen LogP) is 4.21. The Morgan fingerprint density at radius 3 is 2.22 bits per heavy atom. The van der Waals surface area contributed by atoms with Crippen LogP contribution in [0, 0.1) is 0 Å². The Kier molecular flexibility index (Phi) is 4.90. The molecule has 2 aliphatic heterocycles. The fraction of sp³-hybridized carbons (Fsp3) is 0.240. The smallest absolute Gasteiger partial charge is 0.342 e. The van der Waals surface area contributed by atoms with Crippen LogP contribution in [-0.4, -0.2) is 29.3 Å². The maximum atomic E-state index is 13.2. The van der Waals surface area contributed by atoms with Gasteiger partial charge >= 0.3 is 5.97 Å². The Balaban J connectivity index is 1.65. The van der Waals surface area contributed by atoms with Gasteiger partial charge in [-0.25, -0.2) is 4.79 Å². The average Bonchev–Trinajstić information content (AvgIpc) is 3.07. The average molecular weight is 432 g/mol. The van der Waals surface area contributed by atoms with Crippen LogP contribution in [0.2, 0.25) is 0 Å². The molecular formula is C25H24N2O5. The van der Waals surface area contributed by atoms with Crippen LogP contribution in [0.25, 0.3) is 0 Å². The van der Waals surface area contributed by atoms with Crippen molar-refractivity contribution in [1.82, 2.24) is 0 Å². The van der Waals surface area contributed by atoms with Gasteiger partial charge in [0.25, 0.3) is 0 Å². The summed E-state index contributed by atoms with van der Waals surface area (Å²) >= 11 is 0. The highest BCUT2D eigenvalue weighted by atomic mass is 16.6. The third-order valence-electron chi connectivity index (χ3n) is 6.00. The molecule has 1 spiro atoms. The number of hydrogen-bond donors (Lipinski definition) is 4. The van der Waals surface area contributed by atoms with E-state index in [4.69, 9.17) is 15.2 Å². The molecule has 3 aromatic carbocycles. The topological polar surface area (TPSA) is 114 Å². The number of anilines is 1. The minimum atomic E-state index is -1.24. The number of nitrogens with two attached hydrogens (primary N) is 1. The molecule has 164 valence electrons. The molecule has 3 aromatic rings. The van der Waals surface area contributed by atoms with E-state index in [0.717, 1.165) is 25.8 Å². The van der Waals surface area contributed by atoms with E-state index < -0.39 is 11.6 Å². The summed E-state index contributed by atoms with van der Waals surface area (Å²) in [5.74, 6) is 0.345. The van der Waals surface area contributed by atoms with Crippen LogP contribution in [0.3, 0.4) is 0 Å². The highest BCUT2D eigenvalue weighted by molar-refractivity contribution is 6.02. The van der Waals surface area contributed by atoms with E-state index in [-0.39, 0.29) is 11.5 Å². The number of fused-ring (bicyclic) bond motifs is 6.